The van der Waals surface area contributed by atoms with Gasteiger partial charge in [0.05, 0.1) is 33.0 Å². The van der Waals surface area contributed by atoms with E-state index in [1.165, 1.54) is 0 Å². The lowest BCUT2D eigenvalue weighted by molar-refractivity contribution is -0.114. The number of benzene rings is 1. The normalized spacial score (nSPS) is 14.1. The maximum absolute atomic E-state index is 13.1. The summed E-state index contributed by atoms with van der Waals surface area (Å²) in [5.74, 6) is 0.605. The highest BCUT2D eigenvalue weighted by atomic mass is 127. The van der Waals surface area contributed by atoms with Crippen molar-refractivity contribution < 1.29 is 7.86 Å². The van der Waals surface area contributed by atoms with Crippen LogP contribution in [0.25, 0.3) is 0 Å². The molecular formula is C24H34IN3O2P+. The van der Waals surface area contributed by atoms with Crippen molar-refractivity contribution in [3.63, 3.8) is 0 Å². The molecule has 0 saturated heterocycles. The summed E-state index contributed by atoms with van der Waals surface area (Å²) in [6.07, 6.45) is 9.23. The number of nitrogens with one attached hydrogen (secondary N) is 1. The molecule has 31 heavy (non-hydrogen) atoms. The predicted octanol–water partition coefficient (Wildman–Crippen LogP) is 7.04. The molecule has 168 valence electrons. The number of nitrogens with zero attached hydrogens (tertiary/aromatic N) is 2. The fraction of sp³-hybridized carbons (Fsp3) is 0.375. The van der Waals surface area contributed by atoms with Crippen molar-refractivity contribution >= 4 is 41.5 Å². The van der Waals surface area contributed by atoms with Crippen LogP contribution >= 0.6 is 30.3 Å². The number of hydrogen-bond acceptors (Lipinski definition) is 5. The summed E-state index contributed by atoms with van der Waals surface area (Å²) >= 11 is 1.83. The number of carbonyl (C=O) groups excluding carboxylic acids is 1. The van der Waals surface area contributed by atoms with Crippen molar-refractivity contribution in [1.29, 1.82) is 0 Å². The molecule has 0 aliphatic carbocycles. The van der Waals surface area contributed by atoms with Crippen LogP contribution in [0.5, 0.6) is 5.75 Å². The highest BCUT2D eigenvalue weighted by Gasteiger charge is 2.38. The molecule has 1 aromatic rings. The lowest BCUT2D eigenvalue weighted by atomic mass is 10.0. The Balaban J connectivity index is 3.29. The molecule has 0 aliphatic heterocycles. The zero-order chi connectivity index (χ0) is 23.7. The molecule has 7 heteroatoms. The van der Waals surface area contributed by atoms with Gasteiger partial charge in [-0.15, -0.1) is 5.11 Å². The van der Waals surface area contributed by atoms with Gasteiger partial charge in [-0.05, 0) is 57.0 Å². The first kappa shape index (κ1) is 27.4. The molecule has 0 aliphatic rings. The van der Waals surface area contributed by atoms with E-state index in [-0.39, 0.29) is 17.1 Å². The minimum Gasteiger partial charge on any atom is -0.425 e. The molecule has 0 heterocycles. The van der Waals surface area contributed by atoms with Gasteiger partial charge in [0, 0.05) is 5.54 Å². The third-order valence-electron chi connectivity index (χ3n) is 4.08. The Bertz CT molecular complexity index is 878. The van der Waals surface area contributed by atoms with Crippen LogP contribution in [-0.2, 0) is 11.2 Å². The maximum atomic E-state index is 13.1. The van der Waals surface area contributed by atoms with E-state index in [9.17, 15) is 4.79 Å². The number of hydrogen-bond donors (Lipinski definition) is 1. The Hall–Kier alpha value is -1.63. The minimum absolute atomic E-state index is 0.175. The summed E-state index contributed by atoms with van der Waals surface area (Å²) in [6.45, 7) is 19.8. The Morgan fingerprint density at radius 2 is 1.94 bits per heavy atom. The second-order valence-electron chi connectivity index (χ2n) is 9.00. The number of allylic oxidation sites excluding steroid dienone is 5. The number of carbonyl (C=O) groups is 1. The Morgan fingerprint density at radius 3 is 2.45 bits per heavy atom. The first-order chi connectivity index (χ1) is 14.4. The fourth-order valence-electron chi connectivity index (χ4n) is 2.78. The van der Waals surface area contributed by atoms with E-state index in [1.807, 2.05) is 41.2 Å². The fourth-order valence-corrected chi connectivity index (χ4v) is 4.24. The summed E-state index contributed by atoms with van der Waals surface area (Å²) in [6, 6.07) is 5.48. The van der Waals surface area contributed by atoms with Crippen LogP contribution in [-0.4, -0.2) is 37.1 Å². The molecule has 1 rings (SSSR count). The zero-order valence-corrected chi connectivity index (χ0v) is 22.4. The molecule has 0 saturated carbocycles. The van der Waals surface area contributed by atoms with E-state index in [1.54, 1.807) is 30.4 Å². The van der Waals surface area contributed by atoms with E-state index in [0.29, 0.717) is 23.6 Å². The smallest absolute Gasteiger partial charge is 0.283 e. The van der Waals surface area contributed by atoms with Gasteiger partial charge < -0.3 is 3.07 Å². The van der Waals surface area contributed by atoms with Crippen molar-refractivity contribution in [3.8, 4) is 5.75 Å². The molecule has 0 radical (unpaired) electrons. The minimum atomic E-state index is -1.66. The van der Waals surface area contributed by atoms with Crippen LogP contribution < -0.4 is 8.38 Å². The lowest BCUT2D eigenvalue weighted by Gasteiger charge is -2.29. The van der Waals surface area contributed by atoms with Gasteiger partial charge in [-0.25, -0.2) is 0 Å². The SMILES string of the molecule is C=C/C=C\C(=C/C=C)N=Nc1cc(CC(NC(C)(C)C)C(=O)[P+](C)(C)C)ccc1OI. The summed E-state index contributed by atoms with van der Waals surface area (Å²) < 4.78 is 5.43. The van der Waals surface area contributed by atoms with Gasteiger partial charge in [0.1, 0.15) is 11.7 Å². The first-order valence-corrected chi connectivity index (χ1v) is 14.0. The van der Waals surface area contributed by atoms with E-state index in [4.69, 9.17) is 3.07 Å². The van der Waals surface area contributed by atoms with Gasteiger partial charge in [-0.1, -0.05) is 37.5 Å². The summed E-state index contributed by atoms with van der Waals surface area (Å²) in [5.41, 5.74) is 2.34. The third kappa shape index (κ3) is 10.0. The number of halogens is 1. The van der Waals surface area contributed by atoms with Gasteiger partial charge in [0.2, 0.25) is 0 Å². The van der Waals surface area contributed by atoms with Crippen molar-refractivity contribution in [1.82, 2.24) is 5.32 Å². The van der Waals surface area contributed by atoms with Crippen LogP contribution in [0.2, 0.25) is 0 Å². The maximum Gasteiger partial charge on any atom is 0.283 e. The quantitative estimate of drug-likeness (QED) is 0.138. The van der Waals surface area contributed by atoms with Crippen molar-refractivity contribution in [2.75, 3.05) is 20.0 Å². The van der Waals surface area contributed by atoms with Crippen LogP contribution in [0, 0.1) is 0 Å². The lowest BCUT2D eigenvalue weighted by Crippen LogP contribution is -2.49. The molecule has 1 N–H and O–H groups in total. The van der Waals surface area contributed by atoms with Crippen LogP contribution in [0.3, 0.4) is 0 Å². The second-order valence-corrected chi connectivity index (χ2v) is 13.9. The monoisotopic (exact) mass is 554 g/mol. The van der Waals surface area contributed by atoms with E-state index < -0.39 is 7.26 Å². The standard InChI is InChI=1S/C24H34IN3O2P/c1-9-11-13-19(12-10-2)27-28-20-16-18(14-15-22(20)30-25)17-21(26-24(3,4)5)23(29)31(6,7)8/h9-16,21,26H,1-2,17H2,3-8H3/q+1/b13-11-,19-12+,28-27?. The van der Waals surface area contributed by atoms with E-state index in [2.05, 4.69) is 69.5 Å². The van der Waals surface area contributed by atoms with Crippen molar-refractivity contribution in [2.24, 2.45) is 10.2 Å². The molecule has 0 spiro atoms. The highest BCUT2D eigenvalue weighted by molar-refractivity contribution is 14.1. The summed E-state index contributed by atoms with van der Waals surface area (Å²) in [5, 5.41) is 12.2. The molecule has 0 amide bonds. The van der Waals surface area contributed by atoms with Gasteiger partial charge in [-0.2, -0.15) is 5.11 Å². The molecule has 0 bridgehead atoms. The third-order valence-corrected chi connectivity index (χ3v) is 6.19. The van der Waals surface area contributed by atoms with Gasteiger partial charge in [0.15, 0.2) is 28.8 Å². The van der Waals surface area contributed by atoms with E-state index >= 15 is 0 Å². The Labute approximate surface area is 201 Å². The average molecular weight is 554 g/mol. The number of rotatable bonds is 11. The molecular weight excluding hydrogens is 520 g/mol. The summed E-state index contributed by atoms with van der Waals surface area (Å²) in [4.78, 5) is 13.1. The number of azo groups is 1. The predicted molar refractivity (Wildman–Crippen MR) is 143 cm³/mol. The second kappa shape index (κ2) is 12.4. The molecule has 5 nitrogen and oxygen atoms in total. The molecule has 0 aromatic heterocycles. The summed E-state index contributed by atoms with van der Waals surface area (Å²) in [7, 11) is -1.66. The Morgan fingerprint density at radius 1 is 1.26 bits per heavy atom. The van der Waals surface area contributed by atoms with Gasteiger partial charge in [0.25, 0.3) is 5.52 Å². The molecule has 1 aromatic carbocycles. The topological polar surface area (TPSA) is 63.0 Å². The van der Waals surface area contributed by atoms with Crippen LogP contribution in [0.4, 0.5) is 5.69 Å². The zero-order valence-electron chi connectivity index (χ0n) is 19.4. The van der Waals surface area contributed by atoms with Gasteiger partial charge in [-0.3, -0.25) is 10.1 Å². The highest BCUT2D eigenvalue weighted by Crippen LogP contribution is 2.49. The van der Waals surface area contributed by atoms with E-state index in [0.717, 1.165) is 5.56 Å². The van der Waals surface area contributed by atoms with Crippen molar-refractivity contribution in [2.45, 2.75) is 38.8 Å². The molecule has 1 unspecified atom stereocenters. The van der Waals surface area contributed by atoms with Crippen molar-refractivity contribution in [3.05, 3.63) is 73.0 Å². The van der Waals surface area contributed by atoms with Crippen LogP contribution in [0.15, 0.2) is 77.7 Å². The molecule has 1 atom stereocenters. The first-order valence-electron chi connectivity index (χ1n) is 10.00. The van der Waals surface area contributed by atoms with Crippen LogP contribution in [0.1, 0.15) is 26.3 Å². The average Bonchev–Trinajstić information content (AvgIpc) is 2.67. The van der Waals surface area contributed by atoms with Gasteiger partial charge >= 0.3 is 0 Å². The molecule has 0 fully saturated rings. The largest absolute Gasteiger partial charge is 0.425 e. The Kier molecular flexibility index (Phi) is 11.0.